The summed E-state index contributed by atoms with van der Waals surface area (Å²) in [5.41, 5.74) is 2.80. The number of carbonyl (C=O) groups is 1. The maximum Gasteiger partial charge on any atom is 0.241 e. The van der Waals surface area contributed by atoms with Crippen LogP contribution in [0.5, 0.6) is 0 Å². The van der Waals surface area contributed by atoms with E-state index in [-0.39, 0.29) is 11.8 Å². The molecule has 1 aliphatic rings. The topological polar surface area (TPSA) is 71.3 Å². The highest BCUT2D eigenvalue weighted by Gasteiger charge is 2.27. The summed E-state index contributed by atoms with van der Waals surface area (Å²) in [6.45, 7) is 4.12. The Morgan fingerprint density at radius 2 is 2.03 bits per heavy atom. The molecule has 1 fully saturated rings. The number of halogens is 1. The molecule has 2 aromatic carbocycles. The van der Waals surface area contributed by atoms with E-state index in [4.69, 9.17) is 16.1 Å². The molecule has 1 atom stereocenters. The van der Waals surface area contributed by atoms with Crippen LogP contribution in [0.3, 0.4) is 0 Å². The number of nitrogens with zero attached hydrogens (tertiary/aromatic N) is 3. The van der Waals surface area contributed by atoms with E-state index in [1.54, 1.807) is 12.1 Å². The minimum atomic E-state index is -0.0537. The number of hydrogen-bond donors (Lipinski definition) is 1. The third-order valence-corrected chi connectivity index (χ3v) is 5.46. The number of rotatable bonds is 5. The van der Waals surface area contributed by atoms with Gasteiger partial charge in [0.15, 0.2) is 0 Å². The van der Waals surface area contributed by atoms with Gasteiger partial charge in [-0.05, 0) is 62.2 Å². The molecule has 1 saturated heterocycles. The largest absolute Gasteiger partial charge is 0.338 e. The van der Waals surface area contributed by atoms with Crippen molar-refractivity contribution in [2.75, 3.05) is 18.4 Å². The molecule has 4 rings (SSSR count). The number of likely N-dealkylation sites (tertiary alicyclic amines) is 1. The lowest BCUT2D eigenvalue weighted by atomic mass is 9.97. The molecule has 7 heteroatoms. The van der Waals surface area contributed by atoms with Crippen LogP contribution >= 0.6 is 11.6 Å². The number of para-hydroxylation sites is 1. The maximum atomic E-state index is 12.7. The van der Waals surface area contributed by atoms with Crippen LogP contribution in [0, 0.1) is 12.8 Å². The Balaban J connectivity index is 1.37. The summed E-state index contributed by atoms with van der Waals surface area (Å²) >= 11 is 5.93. The van der Waals surface area contributed by atoms with Crippen molar-refractivity contribution < 1.29 is 9.32 Å². The molecule has 1 aromatic heterocycles. The Morgan fingerprint density at radius 1 is 1.24 bits per heavy atom. The molecule has 1 aliphatic heterocycles. The molecule has 0 aliphatic carbocycles. The van der Waals surface area contributed by atoms with Crippen molar-refractivity contribution in [3.63, 3.8) is 0 Å². The average Bonchev–Trinajstić information content (AvgIpc) is 3.19. The first-order valence-corrected chi connectivity index (χ1v) is 10.1. The molecule has 2 heterocycles. The van der Waals surface area contributed by atoms with Crippen LogP contribution in [0.4, 0.5) is 5.69 Å². The number of anilines is 1. The fourth-order valence-electron chi connectivity index (χ4n) is 3.59. The van der Waals surface area contributed by atoms with E-state index >= 15 is 0 Å². The lowest BCUT2D eigenvalue weighted by Gasteiger charge is -2.31. The van der Waals surface area contributed by atoms with E-state index in [0.29, 0.717) is 29.8 Å². The Morgan fingerprint density at radius 3 is 2.83 bits per heavy atom. The Hall–Kier alpha value is -2.70. The highest BCUT2D eigenvalue weighted by Crippen LogP contribution is 2.23. The molecule has 0 bridgehead atoms. The van der Waals surface area contributed by atoms with Crippen molar-refractivity contribution in [3.8, 4) is 11.4 Å². The molecular formula is C22H23ClN4O2. The second-order valence-corrected chi connectivity index (χ2v) is 7.83. The van der Waals surface area contributed by atoms with E-state index < -0.39 is 0 Å². The zero-order valence-electron chi connectivity index (χ0n) is 16.3. The van der Waals surface area contributed by atoms with Crippen molar-refractivity contribution in [1.82, 2.24) is 15.0 Å². The first kappa shape index (κ1) is 19.6. The predicted molar refractivity (Wildman–Crippen MR) is 113 cm³/mol. The lowest BCUT2D eigenvalue weighted by Crippen LogP contribution is -2.40. The first-order valence-electron chi connectivity index (χ1n) is 9.76. The maximum absolute atomic E-state index is 12.7. The highest BCUT2D eigenvalue weighted by atomic mass is 35.5. The molecule has 0 radical (unpaired) electrons. The minimum Gasteiger partial charge on any atom is -0.338 e. The highest BCUT2D eigenvalue weighted by molar-refractivity contribution is 6.30. The number of aromatic nitrogens is 2. The summed E-state index contributed by atoms with van der Waals surface area (Å²) in [4.78, 5) is 19.4. The smallest absolute Gasteiger partial charge is 0.241 e. The molecule has 1 amide bonds. The fourth-order valence-corrected chi connectivity index (χ4v) is 3.71. The first-order chi connectivity index (χ1) is 14.1. The number of nitrogens with one attached hydrogen (secondary N) is 1. The zero-order chi connectivity index (χ0) is 20.2. The molecule has 0 saturated carbocycles. The van der Waals surface area contributed by atoms with Crippen molar-refractivity contribution in [1.29, 1.82) is 0 Å². The molecule has 6 nitrogen and oxygen atoms in total. The van der Waals surface area contributed by atoms with E-state index in [1.807, 2.05) is 43.3 Å². The summed E-state index contributed by atoms with van der Waals surface area (Å²) in [5.74, 6) is 1.11. The molecule has 0 spiro atoms. The normalized spacial score (nSPS) is 17.2. The van der Waals surface area contributed by atoms with Crippen LogP contribution in [0.1, 0.15) is 24.3 Å². The monoisotopic (exact) mass is 410 g/mol. The molecule has 150 valence electrons. The van der Waals surface area contributed by atoms with Crippen LogP contribution < -0.4 is 5.32 Å². The minimum absolute atomic E-state index is 0.0537. The summed E-state index contributed by atoms with van der Waals surface area (Å²) in [7, 11) is 0. The third kappa shape index (κ3) is 4.83. The molecule has 29 heavy (non-hydrogen) atoms. The Labute approximate surface area is 174 Å². The Kier molecular flexibility index (Phi) is 5.92. The summed E-state index contributed by atoms with van der Waals surface area (Å²) in [6, 6.07) is 15.2. The van der Waals surface area contributed by atoms with Crippen molar-refractivity contribution in [3.05, 3.63) is 65.0 Å². The number of amides is 1. The van der Waals surface area contributed by atoms with Crippen LogP contribution in [0.2, 0.25) is 5.02 Å². The van der Waals surface area contributed by atoms with Gasteiger partial charge in [0.25, 0.3) is 0 Å². The van der Waals surface area contributed by atoms with Gasteiger partial charge >= 0.3 is 0 Å². The van der Waals surface area contributed by atoms with E-state index in [1.165, 1.54) is 0 Å². The van der Waals surface area contributed by atoms with Gasteiger partial charge in [-0.3, -0.25) is 9.69 Å². The van der Waals surface area contributed by atoms with Crippen LogP contribution in [-0.2, 0) is 11.3 Å². The van der Waals surface area contributed by atoms with Gasteiger partial charge in [-0.1, -0.05) is 35.0 Å². The summed E-state index contributed by atoms with van der Waals surface area (Å²) in [5, 5.41) is 7.80. The van der Waals surface area contributed by atoms with Crippen LogP contribution in [0.25, 0.3) is 11.4 Å². The average molecular weight is 411 g/mol. The number of benzene rings is 2. The molecule has 3 aromatic rings. The standard InChI is InChI=1S/C22H23ClN4O2/c1-15-5-2-3-7-19(15)24-22(28)17-6-4-12-27(13-17)14-20-25-21(26-29-20)16-8-10-18(23)11-9-16/h2-3,5,7-11,17H,4,6,12-14H2,1H3,(H,24,28). The quantitative estimate of drug-likeness (QED) is 0.668. The third-order valence-electron chi connectivity index (χ3n) is 5.21. The van der Waals surface area contributed by atoms with Crippen molar-refractivity contribution >= 4 is 23.2 Å². The van der Waals surface area contributed by atoms with Gasteiger partial charge in [0.1, 0.15) is 0 Å². The van der Waals surface area contributed by atoms with Gasteiger partial charge in [-0.25, -0.2) is 0 Å². The van der Waals surface area contributed by atoms with Gasteiger partial charge < -0.3 is 9.84 Å². The van der Waals surface area contributed by atoms with Crippen LogP contribution in [0.15, 0.2) is 53.1 Å². The van der Waals surface area contributed by atoms with Gasteiger partial charge in [-0.15, -0.1) is 0 Å². The summed E-state index contributed by atoms with van der Waals surface area (Å²) in [6.07, 6.45) is 1.85. The van der Waals surface area contributed by atoms with Crippen molar-refractivity contribution in [2.24, 2.45) is 5.92 Å². The van der Waals surface area contributed by atoms with Crippen molar-refractivity contribution in [2.45, 2.75) is 26.3 Å². The van der Waals surface area contributed by atoms with Gasteiger partial charge in [0.2, 0.25) is 17.6 Å². The number of aryl methyl sites for hydroxylation is 1. The van der Waals surface area contributed by atoms with E-state index in [9.17, 15) is 4.79 Å². The van der Waals surface area contributed by atoms with Gasteiger partial charge in [0.05, 0.1) is 12.5 Å². The number of carbonyl (C=O) groups excluding carboxylic acids is 1. The predicted octanol–water partition coefficient (Wildman–Crippen LogP) is 4.55. The zero-order valence-corrected chi connectivity index (χ0v) is 17.0. The summed E-state index contributed by atoms with van der Waals surface area (Å²) < 4.78 is 5.42. The molecule has 1 N–H and O–H groups in total. The SMILES string of the molecule is Cc1ccccc1NC(=O)C1CCCN(Cc2nc(-c3ccc(Cl)cc3)no2)C1. The van der Waals surface area contributed by atoms with Gasteiger partial charge in [-0.2, -0.15) is 4.98 Å². The van der Waals surface area contributed by atoms with Gasteiger partial charge in [0, 0.05) is 22.8 Å². The molecular weight excluding hydrogens is 388 g/mol. The number of hydrogen-bond acceptors (Lipinski definition) is 5. The van der Waals surface area contributed by atoms with E-state index in [2.05, 4.69) is 20.4 Å². The van der Waals surface area contributed by atoms with E-state index in [0.717, 1.165) is 36.2 Å². The molecule has 1 unspecified atom stereocenters. The number of piperidine rings is 1. The second kappa shape index (κ2) is 8.76. The second-order valence-electron chi connectivity index (χ2n) is 7.40. The van der Waals surface area contributed by atoms with Crippen LogP contribution in [-0.4, -0.2) is 34.0 Å². The Bertz CT molecular complexity index is 986. The fraction of sp³-hybridized carbons (Fsp3) is 0.318. The lowest BCUT2D eigenvalue weighted by molar-refractivity contribution is -0.121.